The minimum absolute atomic E-state index is 0.0187. The fourth-order valence-corrected chi connectivity index (χ4v) is 5.10. The van der Waals surface area contributed by atoms with Crippen molar-refractivity contribution in [1.29, 1.82) is 0 Å². The molecule has 0 N–H and O–H groups in total. The van der Waals surface area contributed by atoms with Crippen LogP contribution in [0.3, 0.4) is 0 Å². The van der Waals surface area contributed by atoms with Crippen LogP contribution in [0.4, 0.5) is 4.39 Å². The van der Waals surface area contributed by atoms with E-state index < -0.39 is 0 Å². The van der Waals surface area contributed by atoms with Crippen LogP contribution in [0.15, 0.2) is 60.8 Å². The predicted octanol–water partition coefficient (Wildman–Crippen LogP) is 3.67. The molecule has 30 heavy (non-hydrogen) atoms. The Kier molecular flexibility index (Phi) is 4.50. The summed E-state index contributed by atoms with van der Waals surface area (Å²) in [5.41, 5.74) is 2.09. The Hall–Kier alpha value is -3.28. The number of carbonyl (C=O) groups is 2. The van der Waals surface area contributed by atoms with Crippen molar-refractivity contribution in [2.24, 2.45) is 11.8 Å². The molecule has 5 rings (SSSR count). The zero-order valence-electron chi connectivity index (χ0n) is 16.7. The molecule has 6 heteroatoms. The molecule has 0 aliphatic carbocycles. The highest BCUT2D eigenvalue weighted by atomic mass is 19.1. The number of amides is 2. The van der Waals surface area contributed by atoms with E-state index in [1.165, 1.54) is 12.1 Å². The van der Waals surface area contributed by atoms with Gasteiger partial charge in [-0.1, -0.05) is 30.3 Å². The molecule has 0 spiro atoms. The Balaban J connectivity index is 1.45. The van der Waals surface area contributed by atoms with Gasteiger partial charge in [-0.3, -0.25) is 14.6 Å². The summed E-state index contributed by atoms with van der Waals surface area (Å²) in [5, 5.41) is 0.933. The van der Waals surface area contributed by atoms with E-state index >= 15 is 0 Å². The molecule has 0 bridgehead atoms. The van der Waals surface area contributed by atoms with Crippen molar-refractivity contribution in [3.05, 3.63) is 77.7 Å². The minimum atomic E-state index is -0.313. The number of hydrogen-bond donors (Lipinski definition) is 0. The number of likely N-dealkylation sites (tertiary alicyclic amines) is 2. The van der Waals surface area contributed by atoms with Crippen molar-refractivity contribution in [2.45, 2.75) is 13.0 Å². The quantitative estimate of drug-likeness (QED) is 0.656. The maximum absolute atomic E-state index is 13.9. The van der Waals surface area contributed by atoms with Crippen LogP contribution in [0.2, 0.25) is 0 Å². The molecule has 3 aromatic rings. The van der Waals surface area contributed by atoms with Gasteiger partial charge in [-0.25, -0.2) is 4.39 Å². The number of rotatable bonds is 2. The first kappa shape index (κ1) is 18.7. The fraction of sp³-hybridized carbons (Fsp3) is 0.292. The summed E-state index contributed by atoms with van der Waals surface area (Å²) >= 11 is 0. The maximum atomic E-state index is 13.9. The second-order valence-corrected chi connectivity index (χ2v) is 8.19. The lowest BCUT2D eigenvalue weighted by Crippen LogP contribution is -2.36. The summed E-state index contributed by atoms with van der Waals surface area (Å²) < 4.78 is 13.9. The molecule has 1 aromatic heterocycles. The van der Waals surface area contributed by atoms with Crippen LogP contribution in [-0.4, -0.2) is 46.2 Å². The van der Waals surface area contributed by atoms with E-state index in [1.54, 1.807) is 19.2 Å². The molecule has 0 saturated carbocycles. The molecule has 3 heterocycles. The lowest BCUT2D eigenvalue weighted by atomic mass is 9.89. The Morgan fingerprint density at radius 3 is 2.63 bits per heavy atom. The van der Waals surface area contributed by atoms with Crippen LogP contribution in [0.25, 0.3) is 10.9 Å². The van der Waals surface area contributed by atoms with Crippen molar-refractivity contribution in [3.63, 3.8) is 0 Å². The average molecular weight is 403 g/mol. The largest absolute Gasteiger partial charge is 0.338 e. The number of carbonyl (C=O) groups excluding carboxylic acids is 2. The lowest BCUT2D eigenvalue weighted by molar-refractivity contribution is -0.130. The summed E-state index contributed by atoms with van der Waals surface area (Å²) in [4.78, 5) is 33.7. The number of pyridine rings is 1. The van der Waals surface area contributed by atoms with Crippen molar-refractivity contribution >= 4 is 22.7 Å². The van der Waals surface area contributed by atoms with Gasteiger partial charge in [-0.15, -0.1) is 0 Å². The van der Waals surface area contributed by atoms with E-state index in [-0.39, 0.29) is 35.5 Å². The van der Waals surface area contributed by atoms with Crippen molar-refractivity contribution < 1.29 is 14.0 Å². The zero-order valence-corrected chi connectivity index (χ0v) is 16.7. The van der Waals surface area contributed by atoms with E-state index in [2.05, 4.69) is 4.98 Å². The van der Waals surface area contributed by atoms with Gasteiger partial charge in [0.1, 0.15) is 5.82 Å². The summed E-state index contributed by atoms with van der Waals surface area (Å²) in [7, 11) is 0. The number of nitrogens with zero attached hydrogens (tertiary/aromatic N) is 3. The molecule has 0 radical (unpaired) electrons. The first-order valence-electron chi connectivity index (χ1n) is 10.2. The van der Waals surface area contributed by atoms with Crippen LogP contribution in [0, 0.1) is 17.7 Å². The fourth-order valence-electron chi connectivity index (χ4n) is 5.10. The lowest BCUT2D eigenvalue weighted by Gasteiger charge is -2.29. The van der Waals surface area contributed by atoms with Crippen LogP contribution < -0.4 is 0 Å². The molecule has 152 valence electrons. The van der Waals surface area contributed by atoms with Gasteiger partial charge in [-0.2, -0.15) is 0 Å². The molecular formula is C24H22FN3O2. The predicted molar refractivity (Wildman–Crippen MR) is 111 cm³/mol. The first-order valence-corrected chi connectivity index (χ1v) is 10.2. The smallest absolute Gasteiger partial charge is 0.256 e. The molecule has 0 unspecified atom stereocenters. The van der Waals surface area contributed by atoms with Gasteiger partial charge in [-0.05, 0) is 29.8 Å². The van der Waals surface area contributed by atoms with E-state index in [0.29, 0.717) is 30.7 Å². The number of halogens is 1. The highest BCUT2D eigenvalue weighted by molar-refractivity contribution is 6.05. The third-order valence-electron chi connectivity index (χ3n) is 6.41. The topological polar surface area (TPSA) is 53.5 Å². The molecule has 2 aliphatic heterocycles. The monoisotopic (exact) mass is 403 g/mol. The minimum Gasteiger partial charge on any atom is -0.338 e. The number of hydrogen-bond acceptors (Lipinski definition) is 3. The molecule has 2 aliphatic rings. The van der Waals surface area contributed by atoms with Crippen molar-refractivity contribution in [2.75, 3.05) is 19.6 Å². The van der Waals surface area contributed by atoms with Gasteiger partial charge in [0.25, 0.3) is 5.91 Å². The van der Waals surface area contributed by atoms with Gasteiger partial charge in [0.2, 0.25) is 5.91 Å². The number of aromatic nitrogens is 1. The molecule has 2 aromatic carbocycles. The molecule has 2 fully saturated rings. The van der Waals surface area contributed by atoms with Crippen LogP contribution in [-0.2, 0) is 4.79 Å². The zero-order chi connectivity index (χ0) is 20.8. The van der Waals surface area contributed by atoms with Crippen LogP contribution in [0.1, 0.15) is 28.9 Å². The molecule has 5 nitrogen and oxygen atoms in total. The van der Waals surface area contributed by atoms with Crippen molar-refractivity contribution in [1.82, 2.24) is 14.8 Å². The summed E-state index contributed by atoms with van der Waals surface area (Å²) in [6.45, 7) is 3.26. The molecule has 3 atom stereocenters. The van der Waals surface area contributed by atoms with E-state index in [4.69, 9.17) is 0 Å². The highest BCUT2D eigenvalue weighted by Crippen LogP contribution is 2.45. The van der Waals surface area contributed by atoms with Gasteiger partial charge in [0.05, 0.1) is 17.1 Å². The van der Waals surface area contributed by atoms with Gasteiger partial charge < -0.3 is 9.80 Å². The summed E-state index contributed by atoms with van der Waals surface area (Å²) in [6, 6.07) is 15.7. The number of fused-ring (bicyclic) bond motifs is 2. The molecule has 2 saturated heterocycles. The third kappa shape index (κ3) is 3.03. The third-order valence-corrected chi connectivity index (χ3v) is 6.41. The second kappa shape index (κ2) is 7.20. The maximum Gasteiger partial charge on any atom is 0.256 e. The Bertz CT molecular complexity index is 1140. The van der Waals surface area contributed by atoms with Gasteiger partial charge in [0.15, 0.2) is 0 Å². The Labute approximate surface area is 174 Å². The average Bonchev–Trinajstić information content (AvgIpc) is 3.31. The van der Waals surface area contributed by atoms with E-state index in [9.17, 15) is 14.0 Å². The SMILES string of the molecule is CC(=O)N1C[C@H]2CN(C(=O)c3cccc4cccnc34)C[C@H]2[C@@H]1c1cccc(F)c1. The number of para-hydroxylation sites is 1. The normalized spacial score (nSPS) is 23.1. The summed E-state index contributed by atoms with van der Waals surface area (Å²) in [6.07, 6.45) is 1.70. The van der Waals surface area contributed by atoms with Crippen LogP contribution >= 0.6 is 0 Å². The first-order chi connectivity index (χ1) is 14.5. The Morgan fingerprint density at radius 1 is 1.03 bits per heavy atom. The van der Waals surface area contributed by atoms with E-state index in [0.717, 1.165) is 10.9 Å². The van der Waals surface area contributed by atoms with Gasteiger partial charge in [0, 0.05) is 50.0 Å². The van der Waals surface area contributed by atoms with Crippen LogP contribution in [0.5, 0.6) is 0 Å². The Morgan fingerprint density at radius 2 is 1.83 bits per heavy atom. The van der Waals surface area contributed by atoms with Crippen molar-refractivity contribution in [3.8, 4) is 0 Å². The highest BCUT2D eigenvalue weighted by Gasteiger charge is 2.49. The standard InChI is InChI=1S/C24H22FN3O2/c1-15(29)28-13-18-12-27(14-21(18)23(28)17-6-2-8-19(25)11-17)24(30)20-9-3-5-16-7-4-10-26-22(16)20/h2-11,18,21,23H,12-14H2,1H3/t18-,21-,23+/m1/s1. The second-order valence-electron chi connectivity index (χ2n) is 8.19. The van der Waals surface area contributed by atoms with E-state index in [1.807, 2.05) is 46.2 Å². The number of benzene rings is 2. The summed E-state index contributed by atoms with van der Waals surface area (Å²) in [5.74, 6) is -0.111. The molecular weight excluding hydrogens is 381 g/mol. The van der Waals surface area contributed by atoms with Gasteiger partial charge >= 0.3 is 0 Å². The molecule has 2 amide bonds.